The van der Waals surface area contributed by atoms with Crippen LogP contribution in [0.1, 0.15) is 56.5 Å². The number of H-pyrrole nitrogens is 1. The van der Waals surface area contributed by atoms with Gasteiger partial charge in [-0.3, -0.25) is 0 Å². The average molecular weight is 207 g/mol. The van der Waals surface area contributed by atoms with Crippen LogP contribution in [-0.2, 0) is 6.42 Å². The second-order valence-electron chi connectivity index (χ2n) is 4.80. The van der Waals surface area contributed by atoms with E-state index in [2.05, 4.69) is 9.97 Å². The summed E-state index contributed by atoms with van der Waals surface area (Å²) in [4.78, 5) is 7.82. The SMILES string of the molecule is CC(N)Cc1ncc(C2CCCCC2)[nH]1. The lowest BCUT2D eigenvalue weighted by Gasteiger charge is -2.19. The van der Waals surface area contributed by atoms with Crippen LogP contribution in [0.25, 0.3) is 0 Å². The van der Waals surface area contributed by atoms with Crippen molar-refractivity contribution in [1.82, 2.24) is 9.97 Å². The van der Waals surface area contributed by atoms with E-state index in [1.807, 2.05) is 13.1 Å². The van der Waals surface area contributed by atoms with E-state index >= 15 is 0 Å². The second-order valence-corrected chi connectivity index (χ2v) is 4.80. The molecule has 0 aromatic carbocycles. The number of nitrogens with two attached hydrogens (primary N) is 1. The molecule has 84 valence electrons. The lowest BCUT2D eigenvalue weighted by Crippen LogP contribution is -2.18. The third kappa shape index (κ3) is 2.81. The number of aromatic amines is 1. The summed E-state index contributed by atoms with van der Waals surface area (Å²) in [5.74, 6) is 1.76. The van der Waals surface area contributed by atoms with Gasteiger partial charge >= 0.3 is 0 Å². The highest BCUT2D eigenvalue weighted by molar-refractivity contribution is 5.09. The van der Waals surface area contributed by atoms with E-state index in [0.717, 1.165) is 12.2 Å². The molecule has 2 rings (SSSR count). The molecule has 0 spiro atoms. The van der Waals surface area contributed by atoms with Gasteiger partial charge in [-0.2, -0.15) is 0 Å². The summed E-state index contributed by atoms with van der Waals surface area (Å²) in [5.41, 5.74) is 7.08. The second kappa shape index (κ2) is 4.79. The third-order valence-corrected chi connectivity index (χ3v) is 3.21. The Morgan fingerprint density at radius 3 is 2.87 bits per heavy atom. The van der Waals surface area contributed by atoms with E-state index in [4.69, 9.17) is 5.73 Å². The van der Waals surface area contributed by atoms with Crippen LogP contribution < -0.4 is 5.73 Å². The number of imidazole rings is 1. The van der Waals surface area contributed by atoms with Crippen LogP contribution in [0, 0.1) is 0 Å². The van der Waals surface area contributed by atoms with E-state index in [-0.39, 0.29) is 6.04 Å². The molecule has 1 unspecified atom stereocenters. The Kier molecular flexibility index (Phi) is 3.41. The summed E-state index contributed by atoms with van der Waals surface area (Å²) < 4.78 is 0. The molecular weight excluding hydrogens is 186 g/mol. The Morgan fingerprint density at radius 2 is 2.20 bits per heavy atom. The topological polar surface area (TPSA) is 54.7 Å². The van der Waals surface area contributed by atoms with Crippen molar-refractivity contribution < 1.29 is 0 Å². The highest BCUT2D eigenvalue weighted by atomic mass is 14.9. The van der Waals surface area contributed by atoms with Gasteiger partial charge in [-0.05, 0) is 19.8 Å². The van der Waals surface area contributed by atoms with E-state index < -0.39 is 0 Å². The Balaban J connectivity index is 1.99. The first-order chi connectivity index (χ1) is 7.25. The molecule has 0 radical (unpaired) electrons. The number of nitrogens with one attached hydrogen (secondary N) is 1. The number of hydrogen-bond donors (Lipinski definition) is 2. The van der Waals surface area contributed by atoms with Crippen molar-refractivity contribution in [2.45, 2.75) is 57.4 Å². The summed E-state index contributed by atoms with van der Waals surface area (Å²) in [7, 11) is 0. The van der Waals surface area contributed by atoms with Gasteiger partial charge in [-0.15, -0.1) is 0 Å². The molecule has 1 saturated carbocycles. The van der Waals surface area contributed by atoms with Crippen molar-refractivity contribution >= 4 is 0 Å². The molecule has 1 atom stereocenters. The normalized spacial score (nSPS) is 20.4. The summed E-state index contributed by atoms with van der Waals surface area (Å²) in [6, 6.07) is 0.190. The largest absolute Gasteiger partial charge is 0.346 e. The first-order valence-electron chi connectivity index (χ1n) is 6.05. The summed E-state index contributed by atoms with van der Waals surface area (Å²) >= 11 is 0. The lowest BCUT2D eigenvalue weighted by molar-refractivity contribution is 0.437. The number of nitrogens with zero attached hydrogens (tertiary/aromatic N) is 1. The minimum Gasteiger partial charge on any atom is -0.346 e. The first-order valence-corrected chi connectivity index (χ1v) is 6.05. The highest BCUT2D eigenvalue weighted by Gasteiger charge is 2.17. The van der Waals surface area contributed by atoms with Gasteiger partial charge in [0.2, 0.25) is 0 Å². The van der Waals surface area contributed by atoms with Crippen LogP contribution in [0.3, 0.4) is 0 Å². The predicted molar refractivity (Wildman–Crippen MR) is 61.8 cm³/mol. The van der Waals surface area contributed by atoms with Gasteiger partial charge in [0.1, 0.15) is 5.82 Å². The van der Waals surface area contributed by atoms with Crippen molar-refractivity contribution in [3.8, 4) is 0 Å². The maximum absolute atomic E-state index is 5.75. The van der Waals surface area contributed by atoms with Crippen LogP contribution in [0.4, 0.5) is 0 Å². The molecule has 1 aromatic heterocycles. The number of aromatic nitrogens is 2. The molecule has 3 heteroatoms. The van der Waals surface area contributed by atoms with Crippen molar-refractivity contribution in [2.24, 2.45) is 5.73 Å². The van der Waals surface area contributed by atoms with Gasteiger partial charge in [-0.25, -0.2) is 4.98 Å². The quantitative estimate of drug-likeness (QED) is 0.799. The van der Waals surface area contributed by atoms with Crippen molar-refractivity contribution in [1.29, 1.82) is 0 Å². The van der Waals surface area contributed by atoms with Gasteiger partial charge in [0.05, 0.1) is 0 Å². The first kappa shape index (κ1) is 10.7. The van der Waals surface area contributed by atoms with Crippen molar-refractivity contribution in [3.63, 3.8) is 0 Å². The molecule has 0 amide bonds. The predicted octanol–water partition coefficient (Wildman–Crippen LogP) is 2.35. The lowest BCUT2D eigenvalue weighted by atomic mass is 9.87. The molecule has 0 bridgehead atoms. The molecule has 1 aromatic rings. The van der Waals surface area contributed by atoms with Crippen molar-refractivity contribution in [2.75, 3.05) is 0 Å². The number of rotatable bonds is 3. The summed E-state index contributed by atoms with van der Waals surface area (Å²) in [5, 5.41) is 0. The molecule has 0 aliphatic heterocycles. The zero-order valence-corrected chi connectivity index (χ0v) is 9.50. The minimum absolute atomic E-state index is 0.190. The molecule has 3 nitrogen and oxygen atoms in total. The zero-order chi connectivity index (χ0) is 10.7. The number of hydrogen-bond acceptors (Lipinski definition) is 2. The van der Waals surface area contributed by atoms with E-state index in [9.17, 15) is 0 Å². The van der Waals surface area contributed by atoms with Gasteiger partial charge in [-0.1, -0.05) is 19.3 Å². The monoisotopic (exact) mass is 207 g/mol. The van der Waals surface area contributed by atoms with Gasteiger partial charge in [0.25, 0.3) is 0 Å². The minimum atomic E-state index is 0.190. The van der Waals surface area contributed by atoms with E-state index in [1.54, 1.807) is 0 Å². The molecule has 15 heavy (non-hydrogen) atoms. The Hall–Kier alpha value is -0.830. The third-order valence-electron chi connectivity index (χ3n) is 3.21. The molecule has 1 aliphatic carbocycles. The van der Waals surface area contributed by atoms with E-state index in [0.29, 0.717) is 5.92 Å². The standard InChI is InChI=1S/C12H21N3/c1-9(13)7-12-14-8-11(15-12)10-5-3-2-4-6-10/h8-10H,2-7,13H2,1H3,(H,14,15). The van der Waals surface area contributed by atoms with Crippen LogP contribution >= 0.6 is 0 Å². The van der Waals surface area contributed by atoms with Gasteiger partial charge in [0.15, 0.2) is 0 Å². The smallest absolute Gasteiger partial charge is 0.107 e. The molecule has 0 saturated heterocycles. The fraction of sp³-hybridized carbons (Fsp3) is 0.750. The van der Waals surface area contributed by atoms with Crippen molar-refractivity contribution in [3.05, 3.63) is 17.7 Å². The van der Waals surface area contributed by atoms with Crippen LogP contribution in [0.2, 0.25) is 0 Å². The van der Waals surface area contributed by atoms with Crippen LogP contribution in [0.15, 0.2) is 6.20 Å². The molecular formula is C12H21N3. The zero-order valence-electron chi connectivity index (χ0n) is 9.50. The maximum atomic E-state index is 5.75. The Bertz CT molecular complexity index is 298. The maximum Gasteiger partial charge on any atom is 0.107 e. The molecule has 1 heterocycles. The highest BCUT2D eigenvalue weighted by Crippen LogP contribution is 2.31. The fourth-order valence-corrected chi connectivity index (χ4v) is 2.41. The van der Waals surface area contributed by atoms with Crippen LogP contribution in [-0.4, -0.2) is 16.0 Å². The average Bonchev–Trinajstić information content (AvgIpc) is 2.67. The summed E-state index contributed by atoms with van der Waals surface area (Å²) in [6.45, 7) is 2.02. The van der Waals surface area contributed by atoms with Crippen LogP contribution in [0.5, 0.6) is 0 Å². The van der Waals surface area contributed by atoms with E-state index in [1.165, 1.54) is 37.8 Å². The Labute approximate surface area is 91.5 Å². The Morgan fingerprint density at radius 1 is 1.47 bits per heavy atom. The van der Waals surface area contributed by atoms with Gasteiger partial charge < -0.3 is 10.7 Å². The fourth-order valence-electron chi connectivity index (χ4n) is 2.41. The molecule has 3 N–H and O–H groups in total. The molecule has 1 fully saturated rings. The molecule has 1 aliphatic rings. The van der Waals surface area contributed by atoms with Gasteiger partial charge in [0, 0.05) is 30.3 Å². The summed E-state index contributed by atoms with van der Waals surface area (Å²) in [6.07, 6.45) is 9.63.